The summed E-state index contributed by atoms with van der Waals surface area (Å²) in [7, 11) is 3.30. The third kappa shape index (κ3) is 11.6. The summed E-state index contributed by atoms with van der Waals surface area (Å²) in [6.07, 6.45) is -3.13. The maximum absolute atomic E-state index is 14.6. The lowest BCUT2D eigenvalue weighted by Crippen LogP contribution is -2.41. The minimum Gasteiger partial charge on any atom is -0.497 e. The van der Waals surface area contributed by atoms with Crippen LogP contribution < -0.4 is 41.4 Å². The molecule has 2 aliphatic heterocycles. The van der Waals surface area contributed by atoms with E-state index in [0.717, 1.165) is 33.4 Å². The van der Waals surface area contributed by atoms with Crippen LogP contribution in [0.3, 0.4) is 0 Å². The van der Waals surface area contributed by atoms with Gasteiger partial charge in [0, 0.05) is 40.9 Å². The lowest BCUT2D eigenvalue weighted by Gasteiger charge is -2.39. The van der Waals surface area contributed by atoms with Crippen LogP contribution in [-0.2, 0) is 43.8 Å². The van der Waals surface area contributed by atoms with E-state index in [4.69, 9.17) is 46.9 Å². The van der Waals surface area contributed by atoms with Gasteiger partial charge in [0.2, 0.25) is 0 Å². The molecule has 2 N–H and O–H groups in total. The molecule has 0 saturated carbocycles. The van der Waals surface area contributed by atoms with Gasteiger partial charge in [-0.25, -0.2) is 9.59 Å². The average molecular weight is 1130 g/mol. The van der Waals surface area contributed by atoms with Gasteiger partial charge in [-0.2, -0.15) is 0 Å². The van der Waals surface area contributed by atoms with Crippen molar-refractivity contribution in [2.24, 2.45) is 0 Å². The van der Waals surface area contributed by atoms with Crippen molar-refractivity contribution in [1.82, 2.24) is 19.1 Å². The smallest absolute Gasteiger partial charge is 0.497 e. The fourth-order valence-electron chi connectivity index (χ4n) is 10.7. The molecule has 19 nitrogen and oxygen atoms in total. The molecule has 0 bridgehead atoms. The van der Waals surface area contributed by atoms with Crippen molar-refractivity contribution in [2.75, 3.05) is 41.7 Å². The first kappa shape index (κ1) is 57.0. The van der Waals surface area contributed by atoms with Gasteiger partial charge in [0.05, 0.1) is 41.2 Å². The van der Waals surface area contributed by atoms with E-state index >= 15 is 0 Å². The molecular formula is C62H62N4O15P+. The summed E-state index contributed by atoms with van der Waals surface area (Å²) in [6.45, 7) is 2.58. The molecule has 424 valence electrons. The molecule has 4 heterocycles. The van der Waals surface area contributed by atoms with E-state index in [0.29, 0.717) is 23.0 Å². The maximum Gasteiger partial charge on any atom is 0.697 e. The third-order valence-corrected chi connectivity index (χ3v) is 15.8. The van der Waals surface area contributed by atoms with Crippen LogP contribution in [0, 0.1) is 13.8 Å². The molecule has 10 rings (SSSR count). The molecule has 1 unspecified atom stereocenters. The number of ether oxygens (including phenoxy) is 8. The van der Waals surface area contributed by atoms with Crippen LogP contribution in [0.1, 0.15) is 69.8 Å². The monoisotopic (exact) mass is 1130 g/mol. The quantitative estimate of drug-likeness (QED) is 0.0479. The fraction of sp³-hybridized carbons (Fsp3) is 0.290. The first-order chi connectivity index (χ1) is 39.8. The maximum atomic E-state index is 14.6. The summed E-state index contributed by atoms with van der Waals surface area (Å²) in [4.78, 5) is 56.9. The third-order valence-electron chi connectivity index (χ3n) is 15.0. The molecular weight excluding hydrogens is 1070 g/mol. The highest BCUT2D eigenvalue weighted by molar-refractivity contribution is 7.33. The van der Waals surface area contributed by atoms with E-state index in [2.05, 4.69) is 9.97 Å². The van der Waals surface area contributed by atoms with Crippen LogP contribution in [0.25, 0.3) is 0 Å². The van der Waals surface area contributed by atoms with Gasteiger partial charge in [-0.1, -0.05) is 109 Å². The lowest BCUT2D eigenvalue weighted by molar-refractivity contribution is -0.1000. The summed E-state index contributed by atoms with van der Waals surface area (Å²) in [6, 6.07) is 49.2. The van der Waals surface area contributed by atoms with Gasteiger partial charge in [0.1, 0.15) is 71.6 Å². The van der Waals surface area contributed by atoms with Gasteiger partial charge < -0.3 is 37.9 Å². The first-order valence-corrected chi connectivity index (χ1v) is 27.6. The Kier molecular flexibility index (Phi) is 17.3. The standard InChI is InChI=1S/C62H61N4O15P/c1-39-35-65(59(69)63-57(39)67)55-33-51(80-62(42-15-11-8-12-16-42,45-21-29-49(74-5)30-22-45)46-23-31-50(75-6)32-24-46)54(79-55)38-77-82(71)81-52-34-56(66-36-40(2)58(68)64-60(66)70)78-53(52)37-76-61(41-13-9-7-10-14-41,43-17-25-47(72-3)26-18-43)44-19-27-48(73-4)28-20-44/h7-32,35-36,51-56H,33-34,37-38H2,1-6H3,(H-,63,64,67,68,69,70)/p+1/t51-,52-,53+,54+,55+,56+/m0/s1. The molecule has 0 radical (unpaired) electrons. The number of nitrogens with one attached hydrogen (secondary N) is 2. The molecule has 0 aliphatic carbocycles. The Bertz CT molecular complexity index is 3630. The van der Waals surface area contributed by atoms with E-state index < -0.39 is 78.8 Å². The minimum atomic E-state index is -3.04. The van der Waals surface area contributed by atoms with E-state index in [-0.39, 0.29) is 37.2 Å². The van der Waals surface area contributed by atoms with Crippen LogP contribution in [0.15, 0.2) is 189 Å². The summed E-state index contributed by atoms with van der Waals surface area (Å²) in [5.74, 6) is 2.49. The number of methoxy groups -OCH3 is 4. The van der Waals surface area contributed by atoms with Crippen molar-refractivity contribution in [1.29, 1.82) is 0 Å². The lowest BCUT2D eigenvalue weighted by atomic mass is 9.79. The molecule has 7 atom stereocenters. The highest BCUT2D eigenvalue weighted by atomic mass is 31.1. The first-order valence-electron chi connectivity index (χ1n) is 26.5. The largest absolute Gasteiger partial charge is 0.697 e. The van der Waals surface area contributed by atoms with Crippen molar-refractivity contribution in [3.63, 3.8) is 0 Å². The summed E-state index contributed by atoms with van der Waals surface area (Å²) >= 11 is 0. The Morgan fingerprint density at radius 3 is 1.24 bits per heavy atom. The number of H-pyrrole nitrogens is 2. The van der Waals surface area contributed by atoms with E-state index in [1.54, 1.807) is 42.3 Å². The van der Waals surface area contributed by atoms with Crippen molar-refractivity contribution in [3.8, 4) is 23.0 Å². The van der Waals surface area contributed by atoms with E-state index in [1.165, 1.54) is 21.5 Å². The van der Waals surface area contributed by atoms with Gasteiger partial charge in [-0.05, 0) is 95.8 Å². The Hall–Kier alpha value is -8.26. The number of aromatic nitrogens is 4. The van der Waals surface area contributed by atoms with Crippen molar-refractivity contribution in [3.05, 3.63) is 256 Å². The van der Waals surface area contributed by atoms with E-state index in [9.17, 15) is 23.7 Å². The average Bonchev–Trinajstić information content (AvgIpc) is 4.18. The predicted molar refractivity (Wildman–Crippen MR) is 303 cm³/mol. The van der Waals surface area contributed by atoms with Crippen LogP contribution in [0.5, 0.6) is 23.0 Å². The second-order valence-electron chi connectivity index (χ2n) is 19.8. The van der Waals surface area contributed by atoms with Crippen molar-refractivity contribution < 1.29 is 51.5 Å². The molecule has 6 aromatic carbocycles. The van der Waals surface area contributed by atoms with Crippen LogP contribution in [-0.4, -0.2) is 85.2 Å². The minimum absolute atomic E-state index is 0.0290. The molecule has 2 fully saturated rings. The Balaban J connectivity index is 0.997. The highest BCUT2D eigenvalue weighted by Gasteiger charge is 2.50. The normalized spacial score (nSPS) is 19.2. The SMILES string of the molecule is COc1ccc(C(OC[C@H]2O[C@@H](n3cc(C)c(=O)[nH]c3=O)C[C@@H]2O[P+](=O)OC[C@H]2O[C@@H](n3cc(C)c(=O)[nH]c3=O)C[C@@H]2OC(c2ccccc2)(c2ccc(OC)cc2)c2ccc(OC)cc2)(c2ccccc2)c2ccc(OC)cc2)cc1. The summed E-state index contributed by atoms with van der Waals surface area (Å²) in [5, 5.41) is 0. The van der Waals surface area contributed by atoms with Gasteiger partial charge in [0.25, 0.3) is 11.1 Å². The van der Waals surface area contributed by atoms with Crippen molar-refractivity contribution in [2.45, 2.75) is 74.8 Å². The summed E-state index contributed by atoms with van der Waals surface area (Å²) in [5.41, 5.74) is -0.231. The number of benzene rings is 6. The van der Waals surface area contributed by atoms with Crippen LogP contribution in [0.2, 0.25) is 0 Å². The Morgan fingerprint density at radius 1 is 0.488 bits per heavy atom. The zero-order chi connectivity index (χ0) is 57.5. The second kappa shape index (κ2) is 24.8. The second-order valence-corrected chi connectivity index (χ2v) is 20.7. The fourth-order valence-corrected chi connectivity index (χ4v) is 11.5. The highest BCUT2D eigenvalue weighted by Crippen LogP contribution is 2.48. The molecule has 82 heavy (non-hydrogen) atoms. The van der Waals surface area contributed by atoms with Gasteiger partial charge >= 0.3 is 19.6 Å². The molecule has 2 aromatic heterocycles. The van der Waals surface area contributed by atoms with Crippen molar-refractivity contribution >= 4 is 8.25 Å². The number of aryl methyl sites for hydroxylation is 2. The van der Waals surface area contributed by atoms with Crippen LogP contribution in [0.4, 0.5) is 0 Å². The molecule has 8 aromatic rings. The Morgan fingerprint density at radius 2 is 0.841 bits per heavy atom. The Labute approximate surface area is 472 Å². The topological polar surface area (TPSA) is 219 Å². The van der Waals surface area contributed by atoms with Gasteiger partial charge in [-0.3, -0.25) is 28.7 Å². The van der Waals surface area contributed by atoms with Gasteiger partial charge in [-0.15, -0.1) is 9.05 Å². The van der Waals surface area contributed by atoms with E-state index in [1.807, 2.05) is 158 Å². The van der Waals surface area contributed by atoms with Crippen LogP contribution >= 0.6 is 8.25 Å². The molecule has 0 amide bonds. The van der Waals surface area contributed by atoms with Gasteiger partial charge in [0.15, 0.2) is 0 Å². The number of aromatic amines is 2. The molecule has 0 spiro atoms. The number of hydrogen-bond acceptors (Lipinski definition) is 15. The molecule has 2 saturated heterocycles. The number of rotatable bonds is 22. The summed E-state index contributed by atoms with van der Waals surface area (Å²) < 4.78 is 80.1. The zero-order valence-corrected chi connectivity index (χ0v) is 46.8. The molecule has 20 heteroatoms. The number of hydrogen-bond donors (Lipinski definition) is 2. The predicted octanol–water partition coefficient (Wildman–Crippen LogP) is 8.76. The zero-order valence-electron chi connectivity index (χ0n) is 45.9. The number of nitrogens with zero attached hydrogens (tertiary/aromatic N) is 2. The molecule has 2 aliphatic rings.